The molecule has 3 aromatic rings. The number of aliphatic hydroxyl groups excluding tert-OH is 1. The fourth-order valence-electron chi connectivity index (χ4n) is 4.12. The SMILES string of the molecule is CC(O)C1CCCN(c2nc(C3CC3)nc3scc(-c4ccccc4)c23)C1. The Morgan fingerprint density at radius 1 is 1.15 bits per heavy atom. The molecule has 1 saturated carbocycles. The summed E-state index contributed by atoms with van der Waals surface area (Å²) in [5, 5.41) is 13.6. The number of rotatable bonds is 4. The van der Waals surface area contributed by atoms with Crippen LogP contribution < -0.4 is 4.90 Å². The van der Waals surface area contributed by atoms with Gasteiger partial charge >= 0.3 is 0 Å². The van der Waals surface area contributed by atoms with Gasteiger partial charge in [0.05, 0.1) is 11.5 Å². The molecule has 27 heavy (non-hydrogen) atoms. The van der Waals surface area contributed by atoms with E-state index in [2.05, 4.69) is 40.6 Å². The summed E-state index contributed by atoms with van der Waals surface area (Å²) in [5.74, 6) is 2.94. The Hall–Kier alpha value is -1.98. The van der Waals surface area contributed by atoms with Crippen LogP contribution in [0.1, 0.15) is 44.3 Å². The minimum absolute atomic E-state index is 0.274. The molecule has 3 heterocycles. The van der Waals surface area contributed by atoms with Crippen molar-refractivity contribution in [2.75, 3.05) is 18.0 Å². The maximum Gasteiger partial charge on any atom is 0.141 e. The Morgan fingerprint density at radius 2 is 1.96 bits per heavy atom. The second kappa shape index (κ2) is 6.88. The lowest BCUT2D eigenvalue weighted by Crippen LogP contribution is -2.40. The average molecular weight is 380 g/mol. The lowest BCUT2D eigenvalue weighted by Gasteiger charge is -2.35. The minimum Gasteiger partial charge on any atom is -0.393 e. The highest BCUT2D eigenvalue weighted by Gasteiger charge is 2.31. The predicted octanol–water partition coefficient (Wildman–Crippen LogP) is 4.83. The normalized spacial score (nSPS) is 21.6. The summed E-state index contributed by atoms with van der Waals surface area (Å²) in [6.45, 7) is 3.79. The zero-order chi connectivity index (χ0) is 18.4. The van der Waals surface area contributed by atoms with Crippen LogP contribution in [0.3, 0.4) is 0 Å². The summed E-state index contributed by atoms with van der Waals surface area (Å²) >= 11 is 1.73. The second-order valence-corrected chi connectivity index (χ2v) is 8.82. The fourth-order valence-corrected chi connectivity index (χ4v) is 5.07. The number of piperidine rings is 1. The van der Waals surface area contributed by atoms with E-state index in [1.54, 1.807) is 11.3 Å². The third kappa shape index (κ3) is 3.23. The highest BCUT2D eigenvalue weighted by molar-refractivity contribution is 7.17. The van der Waals surface area contributed by atoms with E-state index in [0.29, 0.717) is 11.8 Å². The van der Waals surface area contributed by atoms with Crippen molar-refractivity contribution in [3.05, 3.63) is 41.5 Å². The van der Waals surface area contributed by atoms with Gasteiger partial charge in [-0.25, -0.2) is 9.97 Å². The van der Waals surface area contributed by atoms with E-state index in [1.165, 1.54) is 29.4 Å². The van der Waals surface area contributed by atoms with E-state index in [1.807, 2.05) is 6.92 Å². The van der Waals surface area contributed by atoms with Crippen molar-refractivity contribution in [1.82, 2.24) is 9.97 Å². The van der Waals surface area contributed by atoms with Crippen LogP contribution in [0.4, 0.5) is 5.82 Å². The molecule has 4 nitrogen and oxygen atoms in total. The van der Waals surface area contributed by atoms with Crippen LogP contribution >= 0.6 is 11.3 Å². The van der Waals surface area contributed by atoms with Crippen LogP contribution in [-0.2, 0) is 0 Å². The second-order valence-electron chi connectivity index (χ2n) is 7.96. The van der Waals surface area contributed by atoms with Gasteiger partial charge in [-0.1, -0.05) is 30.3 Å². The van der Waals surface area contributed by atoms with Gasteiger partial charge in [0.1, 0.15) is 16.5 Å². The Bertz CT molecular complexity index is 949. The first-order valence-corrected chi connectivity index (χ1v) is 10.9. The molecule has 5 heteroatoms. The number of aliphatic hydroxyl groups is 1. The van der Waals surface area contributed by atoms with Crippen LogP contribution in [0.5, 0.6) is 0 Å². The lowest BCUT2D eigenvalue weighted by molar-refractivity contribution is 0.115. The van der Waals surface area contributed by atoms with Gasteiger partial charge < -0.3 is 10.0 Å². The number of benzene rings is 1. The molecule has 5 rings (SSSR count). The van der Waals surface area contributed by atoms with Gasteiger partial charge in [0.25, 0.3) is 0 Å². The first kappa shape index (κ1) is 17.1. The smallest absolute Gasteiger partial charge is 0.141 e. The number of thiophene rings is 1. The van der Waals surface area contributed by atoms with Crippen LogP contribution in [-0.4, -0.2) is 34.3 Å². The number of anilines is 1. The third-order valence-electron chi connectivity index (χ3n) is 5.90. The van der Waals surface area contributed by atoms with Crippen molar-refractivity contribution in [2.45, 2.75) is 44.6 Å². The van der Waals surface area contributed by atoms with Gasteiger partial charge in [-0.2, -0.15) is 0 Å². The summed E-state index contributed by atoms with van der Waals surface area (Å²) in [7, 11) is 0. The molecule has 2 atom stereocenters. The lowest BCUT2D eigenvalue weighted by atomic mass is 9.93. The van der Waals surface area contributed by atoms with E-state index in [-0.39, 0.29) is 6.10 Å². The van der Waals surface area contributed by atoms with Gasteiger partial charge in [-0.3, -0.25) is 0 Å². The van der Waals surface area contributed by atoms with Crippen molar-refractivity contribution in [2.24, 2.45) is 5.92 Å². The number of fused-ring (bicyclic) bond motifs is 1. The maximum absolute atomic E-state index is 10.1. The fraction of sp³-hybridized carbons (Fsp3) is 0.455. The number of hydrogen-bond acceptors (Lipinski definition) is 5. The molecular formula is C22H25N3OS. The first-order valence-electron chi connectivity index (χ1n) is 9.98. The van der Waals surface area contributed by atoms with Crippen molar-refractivity contribution >= 4 is 27.4 Å². The Morgan fingerprint density at radius 3 is 2.70 bits per heavy atom. The van der Waals surface area contributed by atoms with E-state index in [9.17, 15) is 5.11 Å². The largest absolute Gasteiger partial charge is 0.393 e. The predicted molar refractivity (Wildman–Crippen MR) is 111 cm³/mol. The number of hydrogen-bond donors (Lipinski definition) is 1. The summed E-state index contributed by atoms with van der Waals surface area (Å²) in [6.07, 6.45) is 4.33. The number of nitrogens with zero attached hydrogens (tertiary/aromatic N) is 3. The Balaban J connectivity index is 1.65. The van der Waals surface area contributed by atoms with Crippen molar-refractivity contribution in [3.63, 3.8) is 0 Å². The molecule has 1 aliphatic heterocycles. The minimum atomic E-state index is -0.274. The molecule has 1 aliphatic carbocycles. The molecule has 1 N–H and O–H groups in total. The molecule has 2 unspecified atom stereocenters. The van der Waals surface area contributed by atoms with Gasteiger partial charge in [0.2, 0.25) is 0 Å². The van der Waals surface area contributed by atoms with E-state index < -0.39 is 0 Å². The summed E-state index contributed by atoms with van der Waals surface area (Å²) in [4.78, 5) is 13.5. The van der Waals surface area contributed by atoms with E-state index in [4.69, 9.17) is 9.97 Å². The topological polar surface area (TPSA) is 49.2 Å². The van der Waals surface area contributed by atoms with Crippen LogP contribution in [0.25, 0.3) is 21.3 Å². The molecule has 2 aliphatic rings. The van der Waals surface area contributed by atoms with Crippen LogP contribution in [0.2, 0.25) is 0 Å². The Kier molecular flexibility index (Phi) is 4.37. The van der Waals surface area contributed by atoms with E-state index >= 15 is 0 Å². The van der Waals surface area contributed by atoms with Crippen LogP contribution in [0.15, 0.2) is 35.7 Å². The van der Waals surface area contributed by atoms with Crippen LogP contribution in [0, 0.1) is 5.92 Å². The molecular weight excluding hydrogens is 354 g/mol. The highest BCUT2D eigenvalue weighted by atomic mass is 32.1. The van der Waals surface area contributed by atoms with Crippen molar-refractivity contribution < 1.29 is 5.11 Å². The van der Waals surface area contributed by atoms with Gasteiger partial charge in [-0.15, -0.1) is 11.3 Å². The third-order valence-corrected chi connectivity index (χ3v) is 6.77. The van der Waals surface area contributed by atoms with E-state index in [0.717, 1.165) is 42.4 Å². The number of aromatic nitrogens is 2. The quantitative estimate of drug-likeness (QED) is 0.705. The monoisotopic (exact) mass is 379 g/mol. The van der Waals surface area contributed by atoms with Crippen molar-refractivity contribution in [1.29, 1.82) is 0 Å². The first-order chi connectivity index (χ1) is 13.2. The van der Waals surface area contributed by atoms with Crippen molar-refractivity contribution in [3.8, 4) is 11.1 Å². The summed E-state index contributed by atoms with van der Waals surface area (Å²) < 4.78 is 0. The summed E-state index contributed by atoms with van der Waals surface area (Å²) in [5.41, 5.74) is 2.45. The summed E-state index contributed by atoms with van der Waals surface area (Å²) in [6, 6.07) is 10.5. The van der Waals surface area contributed by atoms with Gasteiger partial charge in [0, 0.05) is 35.9 Å². The molecule has 1 saturated heterocycles. The molecule has 0 spiro atoms. The standard InChI is InChI=1S/C22H25N3OS/c1-14(26)17-8-5-11-25(12-17)21-19-18(15-6-3-2-4-7-15)13-27-22(19)24-20(23-21)16-9-10-16/h2-4,6-7,13-14,16-17,26H,5,8-12H2,1H3. The molecule has 1 aromatic carbocycles. The molecule has 2 aromatic heterocycles. The zero-order valence-corrected chi connectivity index (χ0v) is 16.5. The molecule has 140 valence electrons. The average Bonchev–Trinajstić information content (AvgIpc) is 3.47. The van der Waals surface area contributed by atoms with Gasteiger partial charge in [0.15, 0.2) is 0 Å². The maximum atomic E-state index is 10.1. The Labute approximate surface area is 163 Å². The molecule has 0 bridgehead atoms. The van der Waals surface area contributed by atoms with Gasteiger partial charge in [-0.05, 0) is 38.2 Å². The zero-order valence-electron chi connectivity index (χ0n) is 15.6. The molecule has 0 radical (unpaired) electrons. The molecule has 0 amide bonds. The molecule has 2 fully saturated rings. The highest BCUT2D eigenvalue weighted by Crippen LogP contribution is 2.44.